The highest BCUT2D eigenvalue weighted by atomic mass is 16.5. The third-order valence-electron chi connectivity index (χ3n) is 4.48. The lowest BCUT2D eigenvalue weighted by Crippen LogP contribution is -2.26. The maximum Gasteiger partial charge on any atom is 0.242 e. The number of methoxy groups -OCH3 is 2. The van der Waals surface area contributed by atoms with Gasteiger partial charge in [0.2, 0.25) is 5.91 Å². The number of benzene rings is 2. The molecule has 2 aromatic rings. The zero-order valence-electron chi connectivity index (χ0n) is 15.1. The molecule has 1 aliphatic heterocycles. The number of nitrogens with zero attached hydrogens (tertiary/aromatic N) is 2. The molecule has 26 heavy (non-hydrogen) atoms. The maximum atomic E-state index is 12.4. The predicted molar refractivity (Wildman–Crippen MR) is 98.7 cm³/mol. The lowest BCUT2D eigenvalue weighted by molar-refractivity contribution is -0.132. The number of carbonyl (C=O) groups excluding carboxylic acids is 1. The third kappa shape index (κ3) is 3.22. The molecule has 1 unspecified atom stereocenters. The van der Waals surface area contributed by atoms with Crippen LogP contribution in [0.2, 0.25) is 0 Å². The maximum absolute atomic E-state index is 12.4. The van der Waals surface area contributed by atoms with Crippen molar-refractivity contribution in [1.82, 2.24) is 5.01 Å². The van der Waals surface area contributed by atoms with Gasteiger partial charge >= 0.3 is 0 Å². The van der Waals surface area contributed by atoms with E-state index in [0.29, 0.717) is 29.9 Å². The average Bonchev–Trinajstić information content (AvgIpc) is 3.12. The van der Waals surface area contributed by atoms with Gasteiger partial charge in [0.05, 0.1) is 26.0 Å². The van der Waals surface area contributed by atoms with Gasteiger partial charge in [-0.15, -0.1) is 0 Å². The van der Waals surface area contributed by atoms with Crippen molar-refractivity contribution in [3.8, 4) is 17.2 Å². The van der Waals surface area contributed by atoms with E-state index in [1.807, 2.05) is 30.3 Å². The van der Waals surface area contributed by atoms with E-state index in [1.165, 1.54) is 5.01 Å². The number of ether oxygens (including phenoxy) is 2. The van der Waals surface area contributed by atoms with Crippen molar-refractivity contribution in [3.63, 3.8) is 0 Å². The first kappa shape index (κ1) is 17.8. The van der Waals surface area contributed by atoms with Crippen molar-refractivity contribution in [3.05, 3.63) is 53.6 Å². The summed E-state index contributed by atoms with van der Waals surface area (Å²) in [7, 11) is 3.16. The van der Waals surface area contributed by atoms with Crippen LogP contribution in [0.5, 0.6) is 17.2 Å². The Morgan fingerprint density at radius 3 is 2.58 bits per heavy atom. The van der Waals surface area contributed by atoms with Crippen molar-refractivity contribution in [2.75, 3.05) is 14.2 Å². The van der Waals surface area contributed by atoms with Crippen LogP contribution in [0.4, 0.5) is 0 Å². The standard InChI is InChI=1S/C20H22N2O4/c1-4-20(24)22-16(14-7-5-6-8-17(14)23)12-15(21-22)13-9-10-18(25-2)19(11-13)26-3/h5-11,16,23H,4,12H2,1-3H3. The highest BCUT2D eigenvalue weighted by Crippen LogP contribution is 2.38. The van der Waals surface area contributed by atoms with E-state index in [9.17, 15) is 9.90 Å². The molecule has 0 saturated carbocycles. The Balaban J connectivity index is 1.99. The van der Waals surface area contributed by atoms with Gasteiger partial charge in [-0.05, 0) is 24.3 Å². The topological polar surface area (TPSA) is 71.4 Å². The molecule has 0 aliphatic carbocycles. The fourth-order valence-electron chi connectivity index (χ4n) is 3.10. The lowest BCUT2D eigenvalue weighted by Gasteiger charge is -2.22. The smallest absolute Gasteiger partial charge is 0.242 e. The summed E-state index contributed by atoms with van der Waals surface area (Å²) < 4.78 is 10.6. The van der Waals surface area contributed by atoms with Crippen molar-refractivity contribution in [2.24, 2.45) is 5.10 Å². The molecule has 0 radical (unpaired) electrons. The Kier molecular flexibility index (Phi) is 5.11. The summed E-state index contributed by atoms with van der Waals surface area (Å²) in [5, 5.41) is 16.3. The van der Waals surface area contributed by atoms with Gasteiger partial charge in [0.25, 0.3) is 0 Å². The number of phenols is 1. The van der Waals surface area contributed by atoms with Crippen LogP contribution < -0.4 is 9.47 Å². The molecule has 3 rings (SSSR count). The molecule has 0 spiro atoms. The fourth-order valence-corrected chi connectivity index (χ4v) is 3.10. The second-order valence-corrected chi connectivity index (χ2v) is 5.99. The highest BCUT2D eigenvalue weighted by Gasteiger charge is 2.33. The minimum atomic E-state index is -0.327. The van der Waals surface area contributed by atoms with E-state index in [4.69, 9.17) is 9.47 Å². The van der Waals surface area contributed by atoms with Crippen LogP contribution in [0.1, 0.15) is 36.9 Å². The van der Waals surface area contributed by atoms with Gasteiger partial charge in [0.1, 0.15) is 5.75 Å². The Bertz CT molecular complexity index is 847. The number of amides is 1. The van der Waals surface area contributed by atoms with Crippen LogP contribution >= 0.6 is 0 Å². The number of hydrogen-bond acceptors (Lipinski definition) is 5. The van der Waals surface area contributed by atoms with E-state index in [0.717, 1.165) is 11.3 Å². The number of para-hydroxylation sites is 1. The predicted octanol–water partition coefficient (Wildman–Crippen LogP) is 3.50. The molecular weight excluding hydrogens is 332 g/mol. The summed E-state index contributed by atoms with van der Waals surface area (Å²) in [6.07, 6.45) is 0.853. The summed E-state index contributed by atoms with van der Waals surface area (Å²) in [5.74, 6) is 1.31. The van der Waals surface area contributed by atoms with Gasteiger partial charge in [-0.1, -0.05) is 25.1 Å². The van der Waals surface area contributed by atoms with Crippen LogP contribution in [-0.2, 0) is 4.79 Å². The number of rotatable bonds is 5. The minimum Gasteiger partial charge on any atom is -0.508 e. The molecule has 1 atom stereocenters. The first-order valence-electron chi connectivity index (χ1n) is 8.48. The van der Waals surface area contributed by atoms with E-state index in [2.05, 4.69) is 5.10 Å². The number of carbonyl (C=O) groups is 1. The van der Waals surface area contributed by atoms with Crippen molar-refractivity contribution >= 4 is 11.6 Å². The lowest BCUT2D eigenvalue weighted by atomic mass is 9.97. The Hall–Kier alpha value is -3.02. The van der Waals surface area contributed by atoms with Crippen LogP contribution in [0, 0.1) is 0 Å². The van der Waals surface area contributed by atoms with Crippen molar-refractivity contribution in [2.45, 2.75) is 25.8 Å². The fraction of sp³-hybridized carbons (Fsp3) is 0.300. The van der Waals surface area contributed by atoms with Gasteiger partial charge in [-0.2, -0.15) is 5.10 Å². The molecule has 0 aromatic heterocycles. The third-order valence-corrected chi connectivity index (χ3v) is 4.48. The molecule has 1 N–H and O–H groups in total. The monoisotopic (exact) mass is 354 g/mol. The Morgan fingerprint density at radius 2 is 1.92 bits per heavy atom. The summed E-state index contributed by atoms with van der Waals surface area (Å²) in [5.41, 5.74) is 2.31. The van der Waals surface area contributed by atoms with Crippen LogP contribution in [-0.4, -0.2) is 36.0 Å². The second-order valence-electron chi connectivity index (χ2n) is 5.99. The van der Waals surface area contributed by atoms with Gasteiger partial charge in [-0.25, -0.2) is 5.01 Å². The first-order valence-corrected chi connectivity index (χ1v) is 8.48. The molecule has 1 aliphatic rings. The van der Waals surface area contributed by atoms with Gasteiger partial charge < -0.3 is 14.6 Å². The molecular formula is C20H22N2O4. The number of aromatic hydroxyl groups is 1. The Labute approximate surface area is 152 Å². The average molecular weight is 354 g/mol. The van der Waals surface area contributed by atoms with Crippen LogP contribution in [0.3, 0.4) is 0 Å². The molecule has 136 valence electrons. The Morgan fingerprint density at radius 1 is 1.19 bits per heavy atom. The second kappa shape index (κ2) is 7.47. The van der Waals surface area contributed by atoms with Gasteiger partial charge in [0, 0.05) is 24.0 Å². The van der Waals surface area contributed by atoms with E-state index in [1.54, 1.807) is 33.3 Å². The zero-order chi connectivity index (χ0) is 18.7. The number of hydrogen-bond donors (Lipinski definition) is 1. The van der Waals surface area contributed by atoms with Crippen molar-refractivity contribution < 1.29 is 19.4 Å². The summed E-state index contributed by atoms with van der Waals surface area (Å²) in [4.78, 5) is 12.4. The summed E-state index contributed by atoms with van der Waals surface area (Å²) in [6.45, 7) is 1.80. The molecule has 1 amide bonds. The number of phenolic OH excluding ortho intramolecular Hbond substituents is 1. The first-order chi connectivity index (χ1) is 12.6. The largest absolute Gasteiger partial charge is 0.508 e. The molecule has 2 aromatic carbocycles. The van der Waals surface area contributed by atoms with E-state index >= 15 is 0 Å². The minimum absolute atomic E-state index is 0.0891. The van der Waals surface area contributed by atoms with Gasteiger partial charge in [0.15, 0.2) is 11.5 Å². The quantitative estimate of drug-likeness (QED) is 0.892. The molecule has 0 fully saturated rings. The van der Waals surface area contributed by atoms with E-state index in [-0.39, 0.29) is 17.7 Å². The summed E-state index contributed by atoms with van der Waals surface area (Å²) in [6, 6.07) is 12.3. The molecule has 6 nitrogen and oxygen atoms in total. The number of hydrazone groups is 1. The molecule has 0 bridgehead atoms. The van der Waals surface area contributed by atoms with Crippen LogP contribution in [0.25, 0.3) is 0 Å². The summed E-state index contributed by atoms with van der Waals surface area (Å²) >= 11 is 0. The van der Waals surface area contributed by atoms with Crippen LogP contribution in [0.15, 0.2) is 47.6 Å². The zero-order valence-corrected chi connectivity index (χ0v) is 15.1. The highest BCUT2D eigenvalue weighted by molar-refractivity contribution is 6.03. The molecule has 1 heterocycles. The molecule has 0 saturated heterocycles. The van der Waals surface area contributed by atoms with Crippen molar-refractivity contribution in [1.29, 1.82) is 0 Å². The SMILES string of the molecule is CCC(=O)N1N=C(c2ccc(OC)c(OC)c2)CC1c1ccccc1O. The molecule has 6 heteroatoms. The van der Waals surface area contributed by atoms with E-state index < -0.39 is 0 Å². The van der Waals surface area contributed by atoms with Gasteiger partial charge in [-0.3, -0.25) is 4.79 Å². The normalized spacial score (nSPS) is 16.3.